The van der Waals surface area contributed by atoms with E-state index in [0.717, 1.165) is 36.2 Å². The third kappa shape index (κ3) is 4.17. The molecular formula is C19H28ClN3O2. The first-order valence-electron chi connectivity index (χ1n) is 8.58. The van der Waals surface area contributed by atoms with Crippen LogP contribution in [-0.4, -0.2) is 48.9 Å². The largest absolute Gasteiger partial charge is 0.459 e. The molecule has 2 heterocycles. The first kappa shape index (κ1) is 19.8. The Labute approximate surface area is 155 Å². The summed E-state index contributed by atoms with van der Waals surface area (Å²) >= 11 is 0. The van der Waals surface area contributed by atoms with Crippen molar-refractivity contribution >= 4 is 29.3 Å². The number of carbonyl (C=O) groups excluding carboxylic acids is 1. The van der Waals surface area contributed by atoms with Crippen LogP contribution in [0.25, 0.3) is 11.0 Å². The van der Waals surface area contributed by atoms with E-state index in [1.54, 1.807) is 4.90 Å². The lowest BCUT2D eigenvalue weighted by atomic mass is 9.90. The quantitative estimate of drug-likeness (QED) is 0.884. The minimum atomic E-state index is -0.0894. The Morgan fingerprint density at radius 3 is 2.80 bits per heavy atom. The van der Waals surface area contributed by atoms with Gasteiger partial charge in [0.25, 0.3) is 0 Å². The number of amides is 1. The Morgan fingerprint density at radius 1 is 1.44 bits per heavy atom. The molecule has 1 aromatic heterocycles. The molecule has 1 saturated heterocycles. The molecule has 1 fully saturated rings. The minimum Gasteiger partial charge on any atom is -0.459 e. The Morgan fingerprint density at radius 2 is 2.16 bits per heavy atom. The monoisotopic (exact) mass is 365 g/mol. The van der Waals surface area contributed by atoms with Crippen molar-refractivity contribution < 1.29 is 9.21 Å². The fourth-order valence-electron chi connectivity index (χ4n) is 3.35. The maximum atomic E-state index is 12.6. The second kappa shape index (κ2) is 7.77. The van der Waals surface area contributed by atoms with Gasteiger partial charge in [0, 0.05) is 19.0 Å². The number of likely N-dealkylation sites (tertiary alicyclic amines) is 1. The van der Waals surface area contributed by atoms with Gasteiger partial charge in [-0.1, -0.05) is 25.1 Å². The van der Waals surface area contributed by atoms with Crippen molar-refractivity contribution in [3.63, 3.8) is 0 Å². The average Bonchev–Trinajstić information content (AvgIpc) is 3.17. The zero-order valence-electron chi connectivity index (χ0n) is 15.2. The van der Waals surface area contributed by atoms with Gasteiger partial charge in [0.1, 0.15) is 11.3 Å². The normalized spacial score (nSPS) is 21.9. The van der Waals surface area contributed by atoms with Gasteiger partial charge in [0.2, 0.25) is 5.91 Å². The summed E-state index contributed by atoms with van der Waals surface area (Å²) in [6, 6.07) is 9.85. The number of nitrogens with two attached hydrogens (primary N) is 1. The molecule has 1 amide bonds. The van der Waals surface area contributed by atoms with Crippen LogP contribution >= 0.6 is 12.4 Å². The smallest absolute Gasteiger partial charge is 0.237 e. The number of rotatable bonds is 5. The summed E-state index contributed by atoms with van der Waals surface area (Å²) in [6.07, 6.45) is 1.06. The highest BCUT2D eigenvalue weighted by atomic mass is 35.5. The number of furan rings is 1. The molecule has 0 spiro atoms. The van der Waals surface area contributed by atoms with Crippen molar-refractivity contribution in [2.75, 3.05) is 33.2 Å². The predicted molar refractivity (Wildman–Crippen MR) is 103 cm³/mol. The van der Waals surface area contributed by atoms with E-state index < -0.39 is 0 Å². The minimum absolute atomic E-state index is 0. The second-order valence-electron chi connectivity index (χ2n) is 7.34. The molecule has 0 saturated carbocycles. The molecule has 2 unspecified atom stereocenters. The van der Waals surface area contributed by atoms with Crippen LogP contribution in [0.1, 0.15) is 32.1 Å². The van der Waals surface area contributed by atoms with E-state index >= 15 is 0 Å². The van der Waals surface area contributed by atoms with E-state index in [4.69, 9.17) is 10.2 Å². The fraction of sp³-hybridized carbons (Fsp3) is 0.526. The predicted octanol–water partition coefficient (Wildman–Crippen LogP) is 3.04. The lowest BCUT2D eigenvalue weighted by Crippen LogP contribution is -2.40. The Hall–Kier alpha value is -1.56. The van der Waals surface area contributed by atoms with Gasteiger partial charge in [-0.2, -0.15) is 0 Å². The molecular weight excluding hydrogens is 338 g/mol. The summed E-state index contributed by atoms with van der Waals surface area (Å²) in [5.74, 6) is 0.935. The van der Waals surface area contributed by atoms with Crippen LogP contribution in [0, 0.1) is 5.41 Å². The highest BCUT2D eigenvalue weighted by Crippen LogP contribution is 2.29. The van der Waals surface area contributed by atoms with E-state index in [0.29, 0.717) is 13.1 Å². The first-order chi connectivity index (χ1) is 11.4. The summed E-state index contributed by atoms with van der Waals surface area (Å²) < 4.78 is 5.90. The summed E-state index contributed by atoms with van der Waals surface area (Å²) in [5, 5.41) is 1.07. The van der Waals surface area contributed by atoms with Gasteiger partial charge in [-0.3, -0.25) is 9.69 Å². The lowest BCUT2D eigenvalue weighted by molar-refractivity contribution is -0.133. The standard InChI is InChI=1S/C19H27N3O2.ClH/c1-14(17-10-15-6-4-5-7-16(15)24-17)21(3)18(23)11-22-9-8-19(2,12-20)13-22;/h4-7,10,14H,8-9,11-13,20H2,1-3H3;1H. The van der Waals surface area contributed by atoms with Gasteiger partial charge in [-0.25, -0.2) is 0 Å². The van der Waals surface area contributed by atoms with E-state index in [9.17, 15) is 4.79 Å². The molecule has 2 atom stereocenters. The zero-order chi connectivity index (χ0) is 17.3. The number of likely N-dealkylation sites (N-methyl/N-ethyl adjacent to an activating group) is 1. The van der Waals surface area contributed by atoms with E-state index in [2.05, 4.69) is 11.8 Å². The van der Waals surface area contributed by atoms with Crippen LogP contribution in [0.4, 0.5) is 0 Å². The number of hydrogen-bond donors (Lipinski definition) is 1. The van der Waals surface area contributed by atoms with Gasteiger partial charge in [-0.05, 0) is 44.0 Å². The molecule has 25 heavy (non-hydrogen) atoms. The molecule has 6 heteroatoms. The number of halogens is 1. The number of hydrogen-bond acceptors (Lipinski definition) is 4. The molecule has 2 aromatic rings. The van der Waals surface area contributed by atoms with E-state index in [1.807, 2.05) is 44.3 Å². The van der Waals surface area contributed by atoms with Crippen molar-refractivity contribution in [3.8, 4) is 0 Å². The maximum Gasteiger partial charge on any atom is 0.237 e. The first-order valence-corrected chi connectivity index (χ1v) is 8.58. The topological polar surface area (TPSA) is 62.7 Å². The number of fused-ring (bicyclic) bond motifs is 1. The number of para-hydroxylation sites is 1. The Kier molecular flexibility index (Phi) is 6.14. The molecule has 0 aliphatic carbocycles. The van der Waals surface area contributed by atoms with E-state index in [1.165, 1.54) is 0 Å². The van der Waals surface area contributed by atoms with Crippen molar-refractivity contribution in [2.45, 2.75) is 26.3 Å². The van der Waals surface area contributed by atoms with Crippen molar-refractivity contribution in [3.05, 3.63) is 36.1 Å². The summed E-state index contributed by atoms with van der Waals surface area (Å²) in [4.78, 5) is 16.6. The van der Waals surface area contributed by atoms with Crippen LogP contribution in [0.3, 0.4) is 0 Å². The van der Waals surface area contributed by atoms with Crippen LogP contribution < -0.4 is 5.73 Å². The number of benzene rings is 1. The lowest BCUT2D eigenvalue weighted by Gasteiger charge is -2.27. The third-order valence-electron chi connectivity index (χ3n) is 5.32. The zero-order valence-corrected chi connectivity index (χ0v) is 16.0. The van der Waals surface area contributed by atoms with Gasteiger partial charge in [0.15, 0.2) is 0 Å². The molecule has 1 aliphatic heterocycles. The van der Waals surface area contributed by atoms with Crippen LogP contribution in [0.2, 0.25) is 0 Å². The van der Waals surface area contributed by atoms with Crippen LogP contribution in [0.5, 0.6) is 0 Å². The second-order valence-corrected chi connectivity index (χ2v) is 7.34. The Bertz CT molecular complexity index is 699. The highest BCUT2D eigenvalue weighted by molar-refractivity contribution is 5.85. The van der Waals surface area contributed by atoms with Gasteiger partial charge in [0.05, 0.1) is 12.6 Å². The molecule has 138 valence electrons. The molecule has 0 radical (unpaired) electrons. The van der Waals surface area contributed by atoms with E-state index in [-0.39, 0.29) is 29.8 Å². The average molecular weight is 366 g/mol. The van der Waals surface area contributed by atoms with Gasteiger partial charge < -0.3 is 15.1 Å². The van der Waals surface area contributed by atoms with Crippen molar-refractivity contribution in [1.82, 2.24) is 9.80 Å². The molecule has 1 aliphatic rings. The highest BCUT2D eigenvalue weighted by Gasteiger charge is 2.34. The molecule has 0 bridgehead atoms. The van der Waals surface area contributed by atoms with Gasteiger partial charge in [-0.15, -0.1) is 12.4 Å². The Balaban J connectivity index is 0.00000225. The summed E-state index contributed by atoms with van der Waals surface area (Å²) in [7, 11) is 1.85. The van der Waals surface area contributed by atoms with Crippen LogP contribution in [-0.2, 0) is 4.79 Å². The number of nitrogens with zero attached hydrogens (tertiary/aromatic N) is 2. The summed E-state index contributed by atoms with van der Waals surface area (Å²) in [6.45, 7) is 7.13. The molecule has 2 N–H and O–H groups in total. The molecule has 3 rings (SSSR count). The van der Waals surface area contributed by atoms with Crippen LogP contribution in [0.15, 0.2) is 34.7 Å². The van der Waals surface area contributed by atoms with Crippen molar-refractivity contribution in [1.29, 1.82) is 0 Å². The third-order valence-corrected chi connectivity index (χ3v) is 5.32. The molecule has 1 aromatic carbocycles. The maximum absolute atomic E-state index is 12.6. The number of carbonyl (C=O) groups is 1. The van der Waals surface area contributed by atoms with Crippen molar-refractivity contribution in [2.24, 2.45) is 11.1 Å². The SMILES string of the molecule is CC(c1cc2ccccc2o1)N(C)C(=O)CN1CCC(C)(CN)C1.Cl. The van der Waals surface area contributed by atoms with Gasteiger partial charge >= 0.3 is 0 Å². The molecule has 5 nitrogen and oxygen atoms in total. The fourth-order valence-corrected chi connectivity index (χ4v) is 3.35. The summed E-state index contributed by atoms with van der Waals surface area (Å²) in [5.41, 5.74) is 6.85.